The average Bonchev–Trinajstić information content (AvgIpc) is 2.54. The summed E-state index contributed by atoms with van der Waals surface area (Å²) in [6.07, 6.45) is 3.96. The molecule has 0 aromatic heterocycles. The van der Waals surface area contributed by atoms with Gasteiger partial charge in [-0.3, -0.25) is 14.4 Å². The molecule has 0 aromatic rings. The molecule has 0 heterocycles. The van der Waals surface area contributed by atoms with Gasteiger partial charge in [0.1, 0.15) is 11.8 Å². The van der Waals surface area contributed by atoms with E-state index in [9.17, 15) is 14.4 Å². The molecule has 6 N–H and O–H groups in total. The van der Waals surface area contributed by atoms with Gasteiger partial charge in [-0.05, 0) is 46.1 Å². The summed E-state index contributed by atoms with van der Waals surface area (Å²) in [7, 11) is 0. The van der Waals surface area contributed by atoms with E-state index in [0.717, 1.165) is 19.3 Å². The highest BCUT2D eigenvalue weighted by molar-refractivity contribution is 5.88. The lowest BCUT2D eigenvalue weighted by Crippen LogP contribution is -2.49. The zero-order chi connectivity index (χ0) is 18.8. The van der Waals surface area contributed by atoms with Crippen LogP contribution >= 0.6 is 0 Å². The Morgan fingerprint density at radius 2 is 1.75 bits per heavy atom. The molecule has 0 aliphatic carbocycles. The highest BCUT2D eigenvalue weighted by Gasteiger charge is 2.30. The summed E-state index contributed by atoms with van der Waals surface area (Å²) in [6.45, 7) is 6.12. The Balaban J connectivity index is 4.12. The van der Waals surface area contributed by atoms with E-state index in [1.54, 1.807) is 6.92 Å². The van der Waals surface area contributed by atoms with Crippen LogP contribution in [0, 0.1) is 0 Å². The average molecular weight is 343 g/mol. The molecule has 7 heteroatoms. The highest BCUT2D eigenvalue weighted by Crippen LogP contribution is 2.15. The SMILES string of the molecule is CCC(C)(NCCCCCC(=O)C(C)N)C(=O)CCC(N)C(=O)O. The molecule has 0 bridgehead atoms. The van der Waals surface area contributed by atoms with E-state index in [4.69, 9.17) is 16.6 Å². The van der Waals surface area contributed by atoms with Gasteiger partial charge in [0.25, 0.3) is 0 Å². The zero-order valence-corrected chi connectivity index (χ0v) is 15.1. The van der Waals surface area contributed by atoms with Crippen molar-refractivity contribution in [2.45, 2.75) is 83.3 Å². The van der Waals surface area contributed by atoms with Crippen LogP contribution in [0.5, 0.6) is 0 Å². The number of carbonyl (C=O) groups is 3. The van der Waals surface area contributed by atoms with Crippen molar-refractivity contribution in [2.24, 2.45) is 11.5 Å². The highest BCUT2D eigenvalue weighted by atomic mass is 16.4. The standard InChI is InChI=1S/C17H33N3O4/c1-4-17(3,15(22)10-9-13(19)16(23)24)20-11-7-5-6-8-14(21)12(2)18/h12-13,20H,4-11,18-19H2,1-3H3,(H,23,24). The maximum Gasteiger partial charge on any atom is 0.320 e. The Labute approximate surface area is 144 Å². The molecule has 0 radical (unpaired) electrons. The Morgan fingerprint density at radius 3 is 2.25 bits per heavy atom. The molecule has 24 heavy (non-hydrogen) atoms. The molecule has 0 aromatic carbocycles. The molecule has 7 nitrogen and oxygen atoms in total. The molecule has 3 unspecified atom stereocenters. The number of ketones is 2. The van der Waals surface area contributed by atoms with E-state index in [2.05, 4.69) is 5.32 Å². The fourth-order valence-corrected chi connectivity index (χ4v) is 2.30. The summed E-state index contributed by atoms with van der Waals surface area (Å²) < 4.78 is 0. The predicted molar refractivity (Wildman–Crippen MR) is 93.7 cm³/mol. The second-order valence-corrected chi connectivity index (χ2v) is 6.58. The second kappa shape index (κ2) is 11.3. The third kappa shape index (κ3) is 8.52. The van der Waals surface area contributed by atoms with E-state index >= 15 is 0 Å². The molecule has 140 valence electrons. The number of carboxylic acid groups (broad SMARTS) is 1. The molecule has 0 aliphatic heterocycles. The van der Waals surface area contributed by atoms with Crippen LogP contribution in [0.2, 0.25) is 0 Å². The lowest BCUT2D eigenvalue weighted by Gasteiger charge is -2.28. The summed E-state index contributed by atoms with van der Waals surface area (Å²) in [4.78, 5) is 34.5. The van der Waals surface area contributed by atoms with Crippen molar-refractivity contribution in [3.05, 3.63) is 0 Å². The largest absolute Gasteiger partial charge is 0.480 e. The van der Waals surface area contributed by atoms with Gasteiger partial charge >= 0.3 is 5.97 Å². The number of carbonyl (C=O) groups excluding carboxylic acids is 2. The van der Waals surface area contributed by atoms with Gasteiger partial charge in [0.2, 0.25) is 0 Å². The molecule has 0 fully saturated rings. The Bertz CT molecular complexity index is 426. The molecular weight excluding hydrogens is 310 g/mol. The zero-order valence-electron chi connectivity index (χ0n) is 15.1. The fourth-order valence-electron chi connectivity index (χ4n) is 2.30. The Morgan fingerprint density at radius 1 is 1.12 bits per heavy atom. The lowest BCUT2D eigenvalue weighted by molar-refractivity contribution is -0.138. The third-order valence-electron chi connectivity index (χ3n) is 4.45. The van der Waals surface area contributed by atoms with Crippen LogP contribution in [0.1, 0.15) is 65.7 Å². The van der Waals surface area contributed by atoms with Gasteiger partial charge in [-0.1, -0.05) is 13.3 Å². The Kier molecular flexibility index (Phi) is 10.7. The van der Waals surface area contributed by atoms with Crippen molar-refractivity contribution in [3.63, 3.8) is 0 Å². The minimum Gasteiger partial charge on any atom is -0.480 e. The first-order valence-corrected chi connectivity index (χ1v) is 8.69. The van der Waals surface area contributed by atoms with E-state index in [1.807, 2.05) is 13.8 Å². The van der Waals surface area contributed by atoms with Crippen LogP contribution in [0.3, 0.4) is 0 Å². The lowest BCUT2D eigenvalue weighted by atomic mass is 9.89. The molecule has 0 aliphatic rings. The van der Waals surface area contributed by atoms with Crippen molar-refractivity contribution in [3.8, 4) is 0 Å². The van der Waals surface area contributed by atoms with Crippen LogP contribution in [0.4, 0.5) is 0 Å². The van der Waals surface area contributed by atoms with E-state index in [1.165, 1.54) is 0 Å². The normalized spacial score (nSPS) is 16.2. The summed E-state index contributed by atoms with van der Waals surface area (Å²) in [5, 5.41) is 12.0. The van der Waals surface area contributed by atoms with Crippen LogP contribution in [0.15, 0.2) is 0 Å². The summed E-state index contributed by atoms with van der Waals surface area (Å²) in [6, 6.07) is -1.40. The molecule has 0 spiro atoms. The minimum atomic E-state index is -1.09. The van der Waals surface area contributed by atoms with Gasteiger partial charge in [0.05, 0.1) is 11.6 Å². The first-order chi connectivity index (χ1) is 11.1. The molecular formula is C17H33N3O4. The number of nitrogens with one attached hydrogen (secondary N) is 1. The van der Waals surface area contributed by atoms with E-state index < -0.39 is 23.6 Å². The first kappa shape index (κ1) is 22.7. The number of hydrogen-bond acceptors (Lipinski definition) is 6. The van der Waals surface area contributed by atoms with E-state index in [0.29, 0.717) is 19.4 Å². The Hall–Kier alpha value is -1.31. The first-order valence-electron chi connectivity index (χ1n) is 8.69. The maximum atomic E-state index is 12.3. The molecule has 0 saturated heterocycles. The maximum absolute atomic E-state index is 12.3. The molecule has 3 atom stereocenters. The van der Waals surface area contributed by atoms with Crippen molar-refractivity contribution < 1.29 is 19.5 Å². The second-order valence-electron chi connectivity index (χ2n) is 6.58. The third-order valence-corrected chi connectivity index (χ3v) is 4.45. The number of rotatable bonds is 14. The van der Waals surface area contributed by atoms with E-state index in [-0.39, 0.29) is 24.4 Å². The van der Waals surface area contributed by atoms with Crippen LogP contribution in [-0.2, 0) is 14.4 Å². The monoisotopic (exact) mass is 343 g/mol. The number of unbranched alkanes of at least 4 members (excludes halogenated alkanes) is 2. The number of hydrogen-bond donors (Lipinski definition) is 4. The van der Waals surface area contributed by atoms with Crippen molar-refractivity contribution in [1.82, 2.24) is 5.32 Å². The summed E-state index contributed by atoms with van der Waals surface area (Å²) in [5.74, 6) is -1.03. The quantitative estimate of drug-likeness (QED) is 0.345. The molecule has 0 amide bonds. The van der Waals surface area contributed by atoms with Gasteiger partial charge in [0.15, 0.2) is 5.78 Å². The van der Waals surface area contributed by atoms with Crippen molar-refractivity contribution in [1.29, 1.82) is 0 Å². The van der Waals surface area contributed by atoms with Gasteiger partial charge in [0, 0.05) is 12.8 Å². The fraction of sp³-hybridized carbons (Fsp3) is 0.824. The predicted octanol–water partition coefficient (Wildman–Crippen LogP) is 0.983. The van der Waals surface area contributed by atoms with Crippen LogP contribution in [-0.4, -0.2) is 46.8 Å². The van der Waals surface area contributed by atoms with Gasteiger partial charge in [-0.2, -0.15) is 0 Å². The number of aliphatic carboxylic acids is 1. The molecule has 0 rings (SSSR count). The van der Waals surface area contributed by atoms with Crippen molar-refractivity contribution >= 4 is 17.5 Å². The minimum absolute atomic E-state index is 0.0196. The smallest absolute Gasteiger partial charge is 0.320 e. The van der Waals surface area contributed by atoms with Gasteiger partial charge < -0.3 is 21.9 Å². The van der Waals surface area contributed by atoms with Gasteiger partial charge in [-0.15, -0.1) is 0 Å². The van der Waals surface area contributed by atoms with Crippen molar-refractivity contribution in [2.75, 3.05) is 6.54 Å². The number of nitrogens with two attached hydrogens (primary N) is 2. The van der Waals surface area contributed by atoms with Crippen LogP contribution < -0.4 is 16.8 Å². The summed E-state index contributed by atoms with van der Waals surface area (Å²) >= 11 is 0. The summed E-state index contributed by atoms with van der Waals surface area (Å²) in [5.41, 5.74) is 10.3. The number of Topliss-reactive ketones (excluding diaryl/α,β-unsaturated/α-hetero) is 2. The number of carboxylic acids is 1. The topological polar surface area (TPSA) is 136 Å². The molecule has 0 saturated carbocycles. The van der Waals surface area contributed by atoms with Gasteiger partial charge in [-0.25, -0.2) is 0 Å². The van der Waals surface area contributed by atoms with Crippen LogP contribution in [0.25, 0.3) is 0 Å².